The lowest BCUT2D eigenvalue weighted by Gasteiger charge is -2.36. The molecule has 140 valence electrons. The van der Waals surface area contributed by atoms with Crippen molar-refractivity contribution in [2.24, 2.45) is 16.3 Å². The van der Waals surface area contributed by atoms with Crippen LogP contribution in [0.3, 0.4) is 0 Å². The van der Waals surface area contributed by atoms with E-state index in [-0.39, 0.29) is 23.5 Å². The zero-order valence-corrected chi connectivity index (χ0v) is 17.1. The third-order valence-corrected chi connectivity index (χ3v) is 5.04. The summed E-state index contributed by atoms with van der Waals surface area (Å²) in [5.74, 6) is -1.86. The van der Waals surface area contributed by atoms with Gasteiger partial charge >= 0.3 is 5.97 Å². The van der Waals surface area contributed by atoms with Gasteiger partial charge in [0.1, 0.15) is 11.7 Å². The van der Waals surface area contributed by atoms with Gasteiger partial charge in [0, 0.05) is 10.9 Å². The molecule has 1 atom stereocenters. The second-order valence-corrected chi connectivity index (χ2v) is 8.01. The van der Waals surface area contributed by atoms with Crippen LogP contribution in [0.1, 0.15) is 40.0 Å². The third kappa shape index (κ3) is 4.23. The van der Waals surface area contributed by atoms with Crippen molar-refractivity contribution in [3.05, 3.63) is 40.1 Å². The minimum Gasteiger partial charge on any atom is -0.511 e. The van der Waals surface area contributed by atoms with Crippen LogP contribution in [-0.2, 0) is 14.3 Å². The summed E-state index contributed by atoms with van der Waals surface area (Å²) >= 11 is 3.38. The average Bonchev–Trinajstić information content (AvgIpc) is 2.55. The zero-order valence-electron chi connectivity index (χ0n) is 15.5. The SMILES string of the molecule is CCCC(=Nc1ccc(Br)cc1)C1=C(O)C(C(=O)OC)C(C)(C)CC1=O. The number of nitrogens with zero attached hydrogens (tertiary/aromatic N) is 1. The number of carbonyl (C=O) groups is 2. The predicted molar refractivity (Wildman–Crippen MR) is 105 cm³/mol. The van der Waals surface area contributed by atoms with Crippen molar-refractivity contribution in [3.63, 3.8) is 0 Å². The fourth-order valence-electron chi connectivity index (χ4n) is 3.26. The van der Waals surface area contributed by atoms with E-state index in [1.807, 2.05) is 31.2 Å². The fraction of sp³-hybridized carbons (Fsp3) is 0.450. The molecule has 0 aliphatic heterocycles. The highest BCUT2D eigenvalue weighted by molar-refractivity contribution is 9.10. The summed E-state index contributed by atoms with van der Waals surface area (Å²) in [4.78, 5) is 29.6. The Balaban J connectivity index is 2.59. The number of benzene rings is 1. The summed E-state index contributed by atoms with van der Waals surface area (Å²) in [5, 5.41) is 10.8. The third-order valence-electron chi connectivity index (χ3n) is 4.51. The fourth-order valence-corrected chi connectivity index (χ4v) is 3.53. The molecule has 0 spiro atoms. The molecule has 0 amide bonds. The molecule has 1 aliphatic rings. The van der Waals surface area contributed by atoms with Gasteiger partial charge in [-0.15, -0.1) is 0 Å². The number of esters is 1. The second kappa shape index (κ2) is 8.16. The summed E-state index contributed by atoms with van der Waals surface area (Å²) < 4.78 is 5.79. The molecule has 1 aromatic carbocycles. The zero-order chi connectivity index (χ0) is 19.5. The number of methoxy groups -OCH3 is 1. The van der Waals surface area contributed by atoms with E-state index in [1.165, 1.54) is 7.11 Å². The highest BCUT2D eigenvalue weighted by Crippen LogP contribution is 2.43. The Morgan fingerprint density at radius 2 is 1.96 bits per heavy atom. The Kier molecular flexibility index (Phi) is 6.39. The number of aliphatic hydroxyl groups excluding tert-OH is 1. The largest absolute Gasteiger partial charge is 0.511 e. The van der Waals surface area contributed by atoms with Gasteiger partial charge in [-0.3, -0.25) is 14.6 Å². The van der Waals surface area contributed by atoms with E-state index in [4.69, 9.17) is 4.74 Å². The number of carbonyl (C=O) groups excluding carboxylic acids is 2. The van der Waals surface area contributed by atoms with Crippen LogP contribution in [0.25, 0.3) is 0 Å². The lowest BCUT2D eigenvalue weighted by Crippen LogP contribution is -2.41. The summed E-state index contributed by atoms with van der Waals surface area (Å²) in [7, 11) is 1.28. The summed E-state index contributed by atoms with van der Waals surface area (Å²) in [6, 6.07) is 7.37. The Hall–Kier alpha value is -1.95. The number of hydrogen-bond donors (Lipinski definition) is 1. The minimum atomic E-state index is -0.882. The minimum absolute atomic E-state index is 0.148. The molecule has 0 aromatic heterocycles. The molecular formula is C20H24BrNO4. The molecule has 0 heterocycles. The van der Waals surface area contributed by atoms with Gasteiger partial charge in [-0.25, -0.2) is 0 Å². The Bertz CT molecular complexity index is 763. The van der Waals surface area contributed by atoms with E-state index < -0.39 is 17.3 Å². The van der Waals surface area contributed by atoms with Gasteiger partial charge in [0.2, 0.25) is 0 Å². The monoisotopic (exact) mass is 421 g/mol. The number of ether oxygens (including phenoxy) is 1. The Morgan fingerprint density at radius 3 is 2.50 bits per heavy atom. The molecule has 1 aliphatic carbocycles. The second-order valence-electron chi connectivity index (χ2n) is 7.09. The van der Waals surface area contributed by atoms with E-state index in [0.29, 0.717) is 17.8 Å². The van der Waals surface area contributed by atoms with Crippen molar-refractivity contribution in [3.8, 4) is 0 Å². The number of aliphatic imine (C=N–C) groups is 1. The molecule has 0 radical (unpaired) electrons. The standard InChI is InChI=1S/C20H24BrNO4/c1-5-6-14(22-13-9-7-12(21)8-10-13)16-15(23)11-20(2,3)17(18(16)24)19(25)26-4/h7-10,17,24H,5-6,11H2,1-4H3. The van der Waals surface area contributed by atoms with Gasteiger partial charge in [-0.2, -0.15) is 0 Å². The van der Waals surface area contributed by atoms with E-state index in [0.717, 1.165) is 10.9 Å². The van der Waals surface area contributed by atoms with Gasteiger partial charge in [0.15, 0.2) is 5.78 Å². The topological polar surface area (TPSA) is 76.0 Å². The molecule has 0 fully saturated rings. The lowest BCUT2D eigenvalue weighted by atomic mass is 9.67. The molecule has 26 heavy (non-hydrogen) atoms. The smallest absolute Gasteiger partial charge is 0.316 e. The van der Waals surface area contributed by atoms with Crippen LogP contribution < -0.4 is 0 Å². The molecule has 0 saturated heterocycles. The number of rotatable bonds is 5. The van der Waals surface area contributed by atoms with Crippen LogP contribution in [-0.4, -0.2) is 29.7 Å². The normalized spacial score (nSPS) is 20.3. The summed E-state index contributed by atoms with van der Waals surface area (Å²) in [6.07, 6.45) is 1.43. The Morgan fingerprint density at radius 1 is 1.35 bits per heavy atom. The number of hydrogen-bond acceptors (Lipinski definition) is 5. The van der Waals surface area contributed by atoms with E-state index in [2.05, 4.69) is 20.9 Å². The van der Waals surface area contributed by atoms with Crippen LogP contribution in [0.2, 0.25) is 0 Å². The van der Waals surface area contributed by atoms with Crippen LogP contribution >= 0.6 is 15.9 Å². The van der Waals surface area contributed by atoms with Crippen molar-refractivity contribution in [2.75, 3.05) is 7.11 Å². The number of halogens is 1. The van der Waals surface area contributed by atoms with Crippen molar-refractivity contribution in [2.45, 2.75) is 40.0 Å². The van der Waals surface area contributed by atoms with E-state index >= 15 is 0 Å². The van der Waals surface area contributed by atoms with Gasteiger partial charge in [0.05, 0.1) is 24.1 Å². The first-order valence-electron chi connectivity index (χ1n) is 8.59. The molecule has 0 bridgehead atoms. The van der Waals surface area contributed by atoms with Crippen LogP contribution in [0, 0.1) is 11.3 Å². The Labute approximate surface area is 162 Å². The number of ketones is 1. The molecule has 6 heteroatoms. The lowest BCUT2D eigenvalue weighted by molar-refractivity contribution is -0.150. The molecule has 1 unspecified atom stereocenters. The molecule has 5 nitrogen and oxygen atoms in total. The van der Waals surface area contributed by atoms with Crippen LogP contribution in [0.5, 0.6) is 0 Å². The number of allylic oxidation sites excluding steroid dienone is 1. The number of Topliss-reactive ketones (excluding diaryl/α,β-unsaturated/α-hetero) is 1. The highest BCUT2D eigenvalue weighted by atomic mass is 79.9. The van der Waals surface area contributed by atoms with Gasteiger partial charge < -0.3 is 9.84 Å². The van der Waals surface area contributed by atoms with Crippen molar-refractivity contribution >= 4 is 39.1 Å². The first kappa shape index (κ1) is 20.4. The van der Waals surface area contributed by atoms with Crippen molar-refractivity contribution in [1.82, 2.24) is 0 Å². The number of aliphatic hydroxyl groups is 1. The van der Waals surface area contributed by atoms with Gasteiger partial charge in [0.25, 0.3) is 0 Å². The average molecular weight is 422 g/mol. The van der Waals surface area contributed by atoms with E-state index in [9.17, 15) is 14.7 Å². The molecular weight excluding hydrogens is 398 g/mol. The van der Waals surface area contributed by atoms with E-state index in [1.54, 1.807) is 13.8 Å². The first-order chi connectivity index (χ1) is 12.2. The summed E-state index contributed by atoms with van der Waals surface area (Å²) in [5.41, 5.74) is 0.627. The predicted octanol–water partition coefficient (Wildman–Crippen LogP) is 4.92. The molecule has 1 N–H and O–H groups in total. The quantitative estimate of drug-likeness (QED) is 0.540. The first-order valence-corrected chi connectivity index (χ1v) is 9.38. The molecule has 2 rings (SSSR count). The summed E-state index contributed by atoms with van der Waals surface area (Å²) in [6.45, 7) is 5.54. The maximum Gasteiger partial charge on any atom is 0.316 e. The highest BCUT2D eigenvalue weighted by Gasteiger charge is 2.47. The van der Waals surface area contributed by atoms with Crippen molar-refractivity contribution < 1.29 is 19.4 Å². The maximum atomic E-state index is 12.8. The molecule has 0 saturated carbocycles. The van der Waals surface area contributed by atoms with Gasteiger partial charge in [-0.1, -0.05) is 43.1 Å². The maximum absolute atomic E-state index is 12.8. The van der Waals surface area contributed by atoms with Crippen LogP contribution in [0.4, 0.5) is 5.69 Å². The molecule has 1 aromatic rings. The van der Waals surface area contributed by atoms with Gasteiger partial charge in [-0.05, 0) is 36.1 Å². The van der Waals surface area contributed by atoms with Crippen LogP contribution in [0.15, 0.2) is 45.1 Å². The van der Waals surface area contributed by atoms with Crippen molar-refractivity contribution in [1.29, 1.82) is 0 Å².